The number of thioether (sulfide) groups is 1. The molecule has 0 bridgehead atoms. The molecular formula is C30H34N2O4S. The standard InChI is InChI=1S/C26H30N2S.C4H4O4/c1-3-28(4-2)19-18-27-26(22-13-6-5-7-14-22)23-15-9-8-12-21(23)20-29-25-17-11-10-16-24(25)26;5-3(6)1-2-4(7)8/h5-17,27H,3-4,18-20H2,1-2H3;1-2H,(H,5,6)(H,7,8)/b;2-1+. The highest BCUT2D eigenvalue weighted by molar-refractivity contribution is 7.98. The number of benzene rings is 3. The second-order valence-electron chi connectivity index (χ2n) is 8.52. The van der Waals surface area contributed by atoms with Crippen LogP contribution in [0.4, 0.5) is 0 Å². The molecule has 1 unspecified atom stereocenters. The van der Waals surface area contributed by atoms with E-state index < -0.39 is 11.9 Å². The third-order valence-electron chi connectivity index (χ3n) is 6.38. The summed E-state index contributed by atoms with van der Waals surface area (Å²) < 4.78 is 0. The molecule has 0 radical (unpaired) electrons. The van der Waals surface area contributed by atoms with E-state index in [0.29, 0.717) is 12.2 Å². The lowest BCUT2D eigenvalue weighted by atomic mass is 9.75. The van der Waals surface area contributed by atoms with Crippen molar-refractivity contribution >= 4 is 23.7 Å². The van der Waals surface area contributed by atoms with Gasteiger partial charge in [0.15, 0.2) is 0 Å². The highest BCUT2D eigenvalue weighted by Gasteiger charge is 2.40. The van der Waals surface area contributed by atoms with E-state index in [4.69, 9.17) is 10.2 Å². The molecule has 0 saturated carbocycles. The summed E-state index contributed by atoms with van der Waals surface area (Å²) in [4.78, 5) is 23.0. The lowest BCUT2D eigenvalue weighted by Crippen LogP contribution is -2.48. The summed E-state index contributed by atoms with van der Waals surface area (Å²) in [6.45, 7) is 8.62. The van der Waals surface area contributed by atoms with Gasteiger partial charge in [0.05, 0.1) is 5.54 Å². The topological polar surface area (TPSA) is 89.9 Å². The van der Waals surface area contributed by atoms with E-state index in [2.05, 4.69) is 103 Å². The predicted octanol–water partition coefficient (Wildman–Crippen LogP) is 5.23. The van der Waals surface area contributed by atoms with Crippen molar-refractivity contribution < 1.29 is 19.8 Å². The van der Waals surface area contributed by atoms with Gasteiger partial charge in [0, 0.05) is 35.9 Å². The third kappa shape index (κ3) is 7.10. The second-order valence-corrected chi connectivity index (χ2v) is 9.54. The summed E-state index contributed by atoms with van der Waals surface area (Å²) in [7, 11) is 0. The van der Waals surface area contributed by atoms with Crippen LogP contribution in [0.3, 0.4) is 0 Å². The molecule has 0 aliphatic carbocycles. The monoisotopic (exact) mass is 518 g/mol. The van der Waals surface area contributed by atoms with Gasteiger partial charge in [-0.1, -0.05) is 86.6 Å². The number of nitrogens with one attached hydrogen (secondary N) is 1. The van der Waals surface area contributed by atoms with E-state index in [1.54, 1.807) is 0 Å². The molecule has 1 aliphatic heterocycles. The first-order valence-electron chi connectivity index (χ1n) is 12.4. The van der Waals surface area contributed by atoms with Crippen molar-refractivity contribution in [1.29, 1.82) is 0 Å². The van der Waals surface area contributed by atoms with Crippen LogP contribution in [0.25, 0.3) is 0 Å². The second kappa shape index (κ2) is 13.8. The lowest BCUT2D eigenvalue weighted by molar-refractivity contribution is -0.134. The Kier molecular flexibility index (Phi) is 10.5. The van der Waals surface area contributed by atoms with E-state index >= 15 is 0 Å². The number of aliphatic carboxylic acids is 2. The minimum absolute atomic E-state index is 0.342. The molecule has 7 heteroatoms. The number of likely N-dealkylation sites (N-methyl/N-ethyl adjacent to an activating group) is 1. The van der Waals surface area contributed by atoms with E-state index in [-0.39, 0.29) is 5.54 Å². The van der Waals surface area contributed by atoms with Crippen LogP contribution in [0.15, 0.2) is 95.9 Å². The summed E-state index contributed by atoms with van der Waals surface area (Å²) in [5.74, 6) is -1.51. The maximum atomic E-state index is 9.55. The normalized spacial score (nSPS) is 16.3. The Morgan fingerprint density at radius 1 is 0.865 bits per heavy atom. The Labute approximate surface area is 223 Å². The highest BCUT2D eigenvalue weighted by Crippen LogP contribution is 2.46. The first-order chi connectivity index (χ1) is 17.9. The van der Waals surface area contributed by atoms with Gasteiger partial charge in [-0.15, -0.1) is 11.8 Å². The van der Waals surface area contributed by atoms with Gasteiger partial charge in [-0.05, 0) is 41.4 Å². The number of hydrogen-bond donors (Lipinski definition) is 3. The van der Waals surface area contributed by atoms with Gasteiger partial charge in [-0.3, -0.25) is 5.32 Å². The summed E-state index contributed by atoms with van der Waals surface area (Å²) in [5.41, 5.74) is 5.11. The van der Waals surface area contributed by atoms with Crippen molar-refractivity contribution in [3.8, 4) is 0 Å². The van der Waals surface area contributed by atoms with Crippen molar-refractivity contribution in [1.82, 2.24) is 10.2 Å². The van der Waals surface area contributed by atoms with Crippen molar-refractivity contribution in [2.75, 3.05) is 26.2 Å². The summed E-state index contributed by atoms with van der Waals surface area (Å²) in [6, 6.07) is 28.8. The molecule has 4 rings (SSSR count). The van der Waals surface area contributed by atoms with Crippen LogP contribution in [-0.2, 0) is 20.9 Å². The number of carboxylic acid groups (broad SMARTS) is 2. The summed E-state index contributed by atoms with van der Waals surface area (Å²) in [6.07, 6.45) is 1.12. The fourth-order valence-electron chi connectivity index (χ4n) is 4.59. The zero-order chi connectivity index (χ0) is 26.7. The van der Waals surface area contributed by atoms with E-state index in [1.807, 2.05) is 11.8 Å². The fourth-order valence-corrected chi connectivity index (χ4v) is 5.70. The molecule has 0 aromatic heterocycles. The Morgan fingerprint density at radius 2 is 1.43 bits per heavy atom. The van der Waals surface area contributed by atoms with Crippen molar-refractivity contribution in [2.24, 2.45) is 0 Å². The van der Waals surface area contributed by atoms with Crippen LogP contribution < -0.4 is 5.32 Å². The Morgan fingerprint density at radius 3 is 2.05 bits per heavy atom. The zero-order valence-corrected chi connectivity index (χ0v) is 22.1. The molecule has 0 saturated heterocycles. The van der Waals surface area contributed by atoms with E-state index in [1.165, 1.54) is 27.1 Å². The Bertz CT molecular complexity index is 1150. The number of fused-ring (bicyclic) bond motifs is 2. The predicted molar refractivity (Wildman–Crippen MR) is 149 cm³/mol. The van der Waals surface area contributed by atoms with Crippen LogP contribution in [0.5, 0.6) is 0 Å². The number of hydrogen-bond acceptors (Lipinski definition) is 5. The van der Waals surface area contributed by atoms with Crippen LogP contribution in [0, 0.1) is 0 Å². The molecular weight excluding hydrogens is 484 g/mol. The van der Waals surface area contributed by atoms with Gasteiger partial charge < -0.3 is 15.1 Å². The molecule has 1 heterocycles. The Balaban J connectivity index is 0.000000414. The minimum atomic E-state index is -1.26. The van der Waals surface area contributed by atoms with Crippen LogP contribution in [0.2, 0.25) is 0 Å². The number of carbonyl (C=O) groups is 2. The summed E-state index contributed by atoms with van der Waals surface area (Å²) in [5, 5.41) is 19.7. The molecule has 37 heavy (non-hydrogen) atoms. The average molecular weight is 519 g/mol. The van der Waals surface area contributed by atoms with Gasteiger partial charge in [0.25, 0.3) is 0 Å². The number of rotatable bonds is 9. The van der Waals surface area contributed by atoms with Gasteiger partial charge in [0.2, 0.25) is 0 Å². The van der Waals surface area contributed by atoms with Crippen molar-refractivity contribution in [3.63, 3.8) is 0 Å². The third-order valence-corrected chi connectivity index (χ3v) is 7.51. The van der Waals surface area contributed by atoms with E-state index in [9.17, 15) is 9.59 Å². The molecule has 3 aromatic carbocycles. The molecule has 1 atom stereocenters. The molecule has 3 N–H and O–H groups in total. The van der Waals surface area contributed by atoms with Crippen molar-refractivity contribution in [2.45, 2.75) is 30.0 Å². The quantitative estimate of drug-likeness (QED) is 0.334. The number of nitrogens with zero attached hydrogens (tertiary/aromatic N) is 1. The maximum Gasteiger partial charge on any atom is 0.328 e. The van der Waals surface area contributed by atoms with Crippen LogP contribution in [0.1, 0.15) is 36.1 Å². The molecule has 194 valence electrons. The molecule has 1 aliphatic rings. The SMILES string of the molecule is CCN(CC)CCNC1(c2ccccc2)c2ccccc2CSc2ccccc21.O=C(O)/C=C/C(=O)O. The molecule has 0 fully saturated rings. The largest absolute Gasteiger partial charge is 0.478 e. The van der Waals surface area contributed by atoms with Crippen LogP contribution >= 0.6 is 11.8 Å². The van der Waals surface area contributed by atoms with Crippen LogP contribution in [-0.4, -0.2) is 53.2 Å². The molecule has 0 spiro atoms. The fraction of sp³-hybridized carbons (Fsp3) is 0.267. The first kappa shape index (κ1) is 28.2. The van der Waals surface area contributed by atoms with Gasteiger partial charge in [-0.2, -0.15) is 0 Å². The smallest absolute Gasteiger partial charge is 0.328 e. The highest BCUT2D eigenvalue weighted by atomic mass is 32.2. The van der Waals surface area contributed by atoms with Gasteiger partial charge in [0.1, 0.15) is 0 Å². The molecule has 3 aromatic rings. The Hall–Kier alpha value is -3.39. The maximum absolute atomic E-state index is 9.55. The number of carboxylic acids is 2. The van der Waals surface area contributed by atoms with Gasteiger partial charge in [-0.25, -0.2) is 9.59 Å². The van der Waals surface area contributed by atoms with E-state index in [0.717, 1.165) is 31.9 Å². The van der Waals surface area contributed by atoms with Crippen molar-refractivity contribution in [3.05, 3.63) is 113 Å². The molecule has 0 amide bonds. The average Bonchev–Trinajstić information content (AvgIpc) is 3.06. The first-order valence-corrected chi connectivity index (χ1v) is 13.4. The molecule has 6 nitrogen and oxygen atoms in total. The summed E-state index contributed by atoms with van der Waals surface area (Å²) >= 11 is 1.95. The minimum Gasteiger partial charge on any atom is -0.478 e. The zero-order valence-electron chi connectivity index (χ0n) is 21.3. The lowest BCUT2D eigenvalue weighted by Gasteiger charge is -2.38. The van der Waals surface area contributed by atoms with Gasteiger partial charge >= 0.3 is 11.9 Å².